The van der Waals surface area contributed by atoms with Crippen LogP contribution in [-0.2, 0) is 0 Å². The lowest BCUT2D eigenvalue weighted by atomic mass is 10.2. The van der Waals surface area contributed by atoms with Crippen LogP contribution < -0.4 is 5.32 Å². The van der Waals surface area contributed by atoms with Gasteiger partial charge in [-0.25, -0.2) is 0 Å². The van der Waals surface area contributed by atoms with Gasteiger partial charge in [0, 0.05) is 23.6 Å². The minimum atomic E-state index is 0.156. The molecule has 0 saturated heterocycles. The second-order valence-electron chi connectivity index (χ2n) is 4.58. The SMILES string of the molecule is CC(CCO)Nc1ccc2nnc(-c3ccsc3)n2n1. The van der Waals surface area contributed by atoms with Crippen molar-refractivity contribution in [1.29, 1.82) is 0 Å². The summed E-state index contributed by atoms with van der Waals surface area (Å²) in [6.45, 7) is 2.16. The molecule has 3 heterocycles. The van der Waals surface area contributed by atoms with E-state index in [9.17, 15) is 0 Å². The minimum absolute atomic E-state index is 0.156. The van der Waals surface area contributed by atoms with Crippen LogP contribution >= 0.6 is 11.3 Å². The zero-order valence-corrected chi connectivity index (χ0v) is 11.8. The van der Waals surface area contributed by atoms with E-state index in [0.29, 0.717) is 12.1 Å². The molecule has 2 N–H and O–H groups in total. The third-order valence-corrected chi connectivity index (χ3v) is 3.68. The Balaban J connectivity index is 1.95. The molecule has 0 aliphatic rings. The number of rotatable bonds is 5. The number of thiophene rings is 1. The molecule has 0 aliphatic carbocycles. The maximum absolute atomic E-state index is 8.94. The van der Waals surface area contributed by atoms with Crippen LogP contribution in [0.25, 0.3) is 17.0 Å². The van der Waals surface area contributed by atoms with Crippen molar-refractivity contribution in [2.75, 3.05) is 11.9 Å². The van der Waals surface area contributed by atoms with Crippen molar-refractivity contribution in [2.45, 2.75) is 19.4 Å². The van der Waals surface area contributed by atoms with E-state index < -0.39 is 0 Å². The van der Waals surface area contributed by atoms with E-state index in [1.54, 1.807) is 15.9 Å². The molecule has 0 aliphatic heterocycles. The van der Waals surface area contributed by atoms with Crippen LogP contribution in [0.5, 0.6) is 0 Å². The van der Waals surface area contributed by atoms with E-state index in [-0.39, 0.29) is 12.6 Å². The summed E-state index contributed by atoms with van der Waals surface area (Å²) in [5, 5.41) is 29.0. The van der Waals surface area contributed by atoms with Gasteiger partial charge in [-0.15, -0.1) is 15.3 Å². The van der Waals surface area contributed by atoms with Gasteiger partial charge in [-0.3, -0.25) is 0 Å². The molecule has 6 nitrogen and oxygen atoms in total. The fraction of sp³-hybridized carbons (Fsp3) is 0.308. The number of anilines is 1. The molecule has 1 unspecified atom stereocenters. The van der Waals surface area contributed by atoms with Gasteiger partial charge in [-0.05, 0) is 36.9 Å². The quantitative estimate of drug-likeness (QED) is 0.751. The number of aliphatic hydroxyl groups excluding tert-OH is 1. The molecule has 1 atom stereocenters. The first-order chi connectivity index (χ1) is 9.78. The fourth-order valence-electron chi connectivity index (χ4n) is 1.96. The van der Waals surface area contributed by atoms with E-state index in [1.165, 1.54) is 0 Å². The number of fused-ring (bicyclic) bond motifs is 1. The number of hydrogen-bond acceptors (Lipinski definition) is 6. The standard InChI is InChI=1S/C13H15N5OS/c1-9(4-6-19)14-11-2-3-12-15-16-13(18(12)17-11)10-5-7-20-8-10/h2-3,5,7-9,19H,4,6H2,1H3,(H,14,17). The Morgan fingerprint density at radius 3 is 3.00 bits per heavy atom. The molecule has 3 aromatic rings. The van der Waals surface area contributed by atoms with Gasteiger partial charge >= 0.3 is 0 Å². The fourth-order valence-corrected chi connectivity index (χ4v) is 2.59. The molecule has 0 amide bonds. The maximum atomic E-state index is 8.94. The molecule has 0 bridgehead atoms. The highest BCUT2D eigenvalue weighted by atomic mass is 32.1. The normalized spacial score (nSPS) is 12.7. The topological polar surface area (TPSA) is 75.3 Å². The van der Waals surface area contributed by atoms with Crippen LogP contribution in [0, 0.1) is 0 Å². The van der Waals surface area contributed by atoms with Crippen molar-refractivity contribution < 1.29 is 5.11 Å². The first-order valence-electron chi connectivity index (χ1n) is 6.40. The maximum Gasteiger partial charge on any atom is 0.186 e. The third-order valence-electron chi connectivity index (χ3n) is 3.00. The molecule has 0 saturated carbocycles. The Morgan fingerprint density at radius 2 is 2.25 bits per heavy atom. The molecule has 0 aromatic carbocycles. The van der Waals surface area contributed by atoms with Gasteiger partial charge in [0.15, 0.2) is 11.5 Å². The van der Waals surface area contributed by atoms with Gasteiger partial charge < -0.3 is 10.4 Å². The Kier molecular flexibility index (Phi) is 3.62. The Morgan fingerprint density at radius 1 is 1.35 bits per heavy atom. The summed E-state index contributed by atoms with van der Waals surface area (Å²) in [6, 6.07) is 5.90. The third kappa shape index (κ3) is 2.50. The Bertz CT molecular complexity index is 694. The monoisotopic (exact) mass is 289 g/mol. The van der Waals surface area contributed by atoms with Crippen molar-refractivity contribution >= 4 is 22.8 Å². The number of nitrogens with one attached hydrogen (secondary N) is 1. The Labute approximate surface area is 120 Å². The second-order valence-corrected chi connectivity index (χ2v) is 5.36. The average Bonchev–Trinajstić information content (AvgIpc) is 3.06. The van der Waals surface area contributed by atoms with Gasteiger partial charge in [0.25, 0.3) is 0 Å². The molecule has 3 rings (SSSR count). The van der Waals surface area contributed by atoms with Crippen LogP contribution in [0.1, 0.15) is 13.3 Å². The van der Waals surface area contributed by atoms with Crippen molar-refractivity contribution in [3.05, 3.63) is 29.0 Å². The van der Waals surface area contributed by atoms with Crippen molar-refractivity contribution in [2.24, 2.45) is 0 Å². The minimum Gasteiger partial charge on any atom is -0.396 e. The average molecular weight is 289 g/mol. The van der Waals surface area contributed by atoms with Crippen molar-refractivity contribution in [3.8, 4) is 11.4 Å². The molecular weight excluding hydrogens is 274 g/mol. The number of hydrogen-bond donors (Lipinski definition) is 2. The zero-order valence-electron chi connectivity index (χ0n) is 11.0. The molecule has 7 heteroatoms. The van der Waals surface area contributed by atoms with Crippen LogP contribution in [0.4, 0.5) is 5.82 Å². The largest absolute Gasteiger partial charge is 0.396 e. The van der Waals surface area contributed by atoms with Crippen molar-refractivity contribution in [3.63, 3.8) is 0 Å². The van der Waals surface area contributed by atoms with E-state index in [0.717, 1.165) is 17.2 Å². The number of nitrogens with zero attached hydrogens (tertiary/aromatic N) is 4. The van der Waals surface area contributed by atoms with Gasteiger partial charge in [-0.2, -0.15) is 15.9 Å². The Hall–Kier alpha value is -1.99. The summed E-state index contributed by atoms with van der Waals surface area (Å²) >= 11 is 1.62. The van der Waals surface area contributed by atoms with E-state index in [2.05, 4.69) is 20.6 Å². The van der Waals surface area contributed by atoms with Crippen LogP contribution in [0.3, 0.4) is 0 Å². The van der Waals surface area contributed by atoms with E-state index in [1.807, 2.05) is 35.9 Å². The van der Waals surface area contributed by atoms with Gasteiger partial charge in [-0.1, -0.05) is 0 Å². The number of aromatic nitrogens is 4. The van der Waals surface area contributed by atoms with Gasteiger partial charge in [0.2, 0.25) is 0 Å². The summed E-state index contributed by atoms with van der Waals surface area (Å²) in [5.74, 6) is 1.48. The second kappa shape index (κ2) is 5.56. The molecule has 104 valence electrons. The van der Waals surface area contributed by atoms with E-state index >= 15 is 0 Å². The van der Waals surface area contributed by atoms with Crippen LogP contribution in [0.2, 0.25) is 0 Å². The van der Waals surface area contributed by atoms with Gasteiger partial charge in [0.1, 0.15) is 5.82 Å². The lowest BCUT2D eigenvalue weighted by molar-refractivity contribution is 0.282. The lowest BCUT2D eigenvalue weighted by Gasteiger charge is -2.12. The predicted molar refractivity (Wildman–Crippen MR) is 78.9 cm³/mol. The molecular formula is C13H15N5OS. The molecule has 0 radical (unpaired) electrons. The molecule has 3 aromatic heterocycles. The summed E-state index contributed by atoms with van der Waals surface area (Å²) < 4.78 is 1.73. The number of aliphatic hydroxyl groups is 1. The molecule has 0 spiro atoms. The summed E-state index contributed by atoms with van der Waals surface area (Å²) in [6.07, 6.45) is 0.680. The summed E-state index contributed by atoms with van der Waals surface area (Å²) in [5.41, 5.74) is 1.72. The predicted octanol–water partition coefficient (Wildman–Crippen LogP) is 2.04. The smallest absolute Gasteiger partial charge is 0.186 e. The first-order valence-corrected chi connectivity index (χ1v) is 7.34. The van der Waals surface area contributed by atoms with Crippen LogP contribution in [-0.4, -0.2) is 37.6 Å². The summed E-state index contributed by atoms with van der Waals surface area (Å²) in [7, 11) is 0. The highest BCUT2D eigenvalue weighted by Gasteiger charge is 2.11. The van der Waals surface area contributed by atoms with Crippen molar-refractivity contribution in [1.82, 2.24) is 19.8 Å². The highest BCUT2D eigenvalue weighted by Crippen LogP contribution is 2.21. The summed E-state index contributed by atoms with van der Waals surface area (Å²) in [4.78, 5) is 0. The molecule has 0 fully saturated rings. The first kappa shape index (κ1) is 13.0. The highest BCUT2D eigenvalue weighted by molar-refractivity contribution is 7.08. The van der Waals surface area contributed by atoms with Crippen LogP contribution in [0.15, 0.2) is 29.0 Å². The van der Waals surface area contributed by atoms with E-state index in [4.69, 9.17) is 5.11 Å². The lowest BCUT2D eigenvalue weighted by Crippen LogP contribution is -2.18. The zero-order chi connectivity index (χ0) is 13.9. The van der Waals surface area contributed by atoms with Gasteiger partial charge in [0.05, 0.1) is 0 Å². The molecule has 20 heavy (non-hydrogen) atoms.